The summed E-state index contributed by atoms with van der Waals surface area (Å²) in [6.07, 6.45) is -0.449. The standard InChI is InChI=1S/C4H11N.C3H9NO2/c1-3-5-4-2;1-3(5)2-6-4/h5H,3-4H2,1-2H3;3,5H,2,4H2,1H3. The van der Waals surface area contributed by atoms with Gasteiger partial charge in [-0.05, 0) is 20.0 Å². The van der Waals surface area contributed by atoms with Crippen LogP contribution in [0.15, 0.2) is 0 Å². The number of hydrogen-bond acceptors (Lipinski definition) is 4. The fourth-order valence-corrected chi connectivity index (χ4v) is 0.389. The van der Waals surface area contributed by atoms with Gasteiger partial charge in [0.1, 0.15) is 0 Å². The summed E-state index contributed by atoms with van der Waals surface area (Å²) < 4.78 is 0. The van der Waals surface area contributed by atoms with Gasteiger partial charge in [-0.15, -0.1) is 0 Å². The fraction of sp³-hybridized carbons (Fsp3) is 1.00. The molecule has 0 rings (SSSR count). The maximum atomic E-state index is 8.35. The van der Waals surface area contributed by atoms with Gasteiger partial charge in [-0.25, -0.2) is 5.90 Å². The second kappa shape index (κ2) is 12.5. The molecular weight excluding hydrogens is 144 g/mol. The van der Waals surface area contributed by atoms with E-state index in [9.17, 15) is 0 Å². The first-order valence-corrected chi connectivity index (χ1v) is 3.89. The Morgan fingerprint density at radius 3 is 1.91 bits per heavy atom. The zero-order chi connectivity index (χ0) is 9.11. The van der Waals surface area contributed by atoms with Gasteiger partial charge in [0.15, 0.2) is 0 Å². The lowest BCUT2D eigenvalue weighted by molar-refractivity contribution is 0.0463. The molecule has 1 unspecified atom stereocenters. The van der Waals surface area contributed by atoms with E-state index in [1.54, 1.807) is 6.92 Å². The minimum absolute atomic E-state index is 0.208. The highest BCUT2D eigenvalue weighted by Crippen LogP contribution is 1.73. The molecule has 0 aromatic heterocycles. The maximum Gasteiger partial charge on any atom is 0.0935 e. The van der Waals surface area contributed by atoms with Gasteiger partial charge >= 0.3 is 0 Å². The molecule has 11 heavy (non-hydrogen) atoms. The van der Waals surface area contributed by atoms with Crippen LogP contribution in [-0.2, 0) is 4.84 Å². The van der Waals surface area contributed by atoms with Gasteiger partial charge in [0.25, 0.3) is 0 Å². The molecule has 0 radical (unpaired) electrons. The molecule has 1 atom stereocenters. The predicted octanol–water partition coefficient (Wildman–Crippen LogP) is -0.127. The van der Waals surface area contributed by atoms with Crippen LogP contribution in [-0.4, -0.2) is 30.9 Å². The molecule has 4 N–H and O–H groups in total. The molecule has 0 bridgehead atoms. The number of rotatable bonds is 4. The average Bonchev–Trinajstić information content (AvgIpc) is 1.90. The molecule has 70 valence electrons. The first-order valence-electron chi connectivity index (χ1n) is 3.89. The van der Waals surface area contributed by atoms with E-state index in [-0.39, 0.29) is 6.61 Å². The summed E-state index contributed by atoms with van der Waals surface area (Å²) in [5.74, 6) is 4.57. The first-order chi connectivity index (χ1) is 5.18. The van der Waals surface area contributed by atoms with Crippen LogP contribution in [0.1, 0.15) is 20.8 Å². The van der Waals surface area contributed by atoms with Gasteiger partial charge in [-0.1, -0.05) is 13.8 Å². The second-order valence-electron chi connectivity index (χ2n) is 2.14. The van der Waals surface area contributed by atoms with E-state index < -0.39 is 6.10 Å². The van der Waals surface area contributed by atoms with Crippen LogP contribution < -0.4 is 11.2 Å². The van der Waals surface area contributed by atoms with E-state index in [2.05, 4.69) is 29.9 Å². The maximum absolute atomic E-state index is 8.35. The minimum Gasteiger partial charge on any atom is -0.391 e. The third-order valence-electron chi connectivity index (χ3n) is 0.837. The Morgan fingerprint density at radius 1 is 1.45 bits per heavy atom. The molecule has 0 aliphatic carbocycles. The molecule has 0 amide bonds. The lowest BCUT2D eigenvalue weighted by Crippen LogP contribution is -2.13. The van der Waals surface area contributed by atoms with Crippen molar-refractivity contribution in [2.24, 2.45) is 5.90 Å². The van der Waals surface area contributed by atoms with E-state index in [0.717, 1.165) is 13.1 Å². The summed E-state index contributed by atoms with van der Waals surface area (Å²) in [5.41, 5.74) is 0. The molecule has 4 heteroatoms. The predicted molar refractivity (Wildman–Crippen MR) is 46.0 cm³/mol. The number of aliphatic hydroxyl groups is 1. The number of aliphatic hydroxyl groups excluding tert-OH is 1. The average molecular weight is 164 g/mol. The molecular formula is C7H20N2O2. The molecule has 0 saturated heterocycles. The third-order valence-corrected chi connectivity index (χ3v) is 0.837. The van der Waals surface area contributed by atoms with Crippen molar-refractivity contribution in [1.29, 1.82) is 0 Å². The van der Waals surface area contributed by atoms with Crippen molar-refractivity contribution >= 4 is 0 Å². The van der Waals surface area contributed by atoms with Crippen molar-refractivity contribution in [3.8, 4) is 0 Å². The number of hydrogen-bond donors (Lipinski definition) is 3. The Labute approximate surface area is 68.7 Å². The summed E-state index contributed by atoms with van der Waals surface area (Å²) in [6.45, 7) is 8.20. The van der Waals surface area contributed by atoms with E-state index in [0.29, 0.717) is 0 Å². The number of nitrogens with two attached hydrogens (primary N) is 1. The molecule has 0 aliphatic heterocycles. The van der Waals surface area contributed by atoms with E-state index in [4.69, 9.17) is 5.11 Å². The third kappa shape index (κ3) is 25.8. The zero-order valence-electron chi connectivity index (χ0n) is 7.63. The highest BCUT2D eigenvalue weighted by atomic mass is 16.6. The summed E-state index contributed by atoms with van der Waals surface area (Å²) >= 11 is 0. The fourth-order valence-electron chi connectivity index (χ4n) is 0.389. The highest BCUT2D eigenvalue weighted by Gasteiger charge is 1.88. The molecule has 0 aromatic rings. The summed E-state index contributed by atoms with van der Waals surface area (Å²) in [5, 5.41) is 11.5. The van der Waals surface area contributed by atoms with Crippen LogP contribution in [0.4, 0.5) is 0 Å². The van der Waals surface area contributed by atoms with Crippen LogP contribution in [0.25, 0.3) is 0 Å². The second-order valence-corrected chi connectivity index (χ2v) is 2.14. The van der Waals surface area contributed by atoms with Gasteiger partial charge < -0.3 is 15.3 Å². The topological polar surface area (TPSA) is 67.5 Å². The summed E-state index contributed by atoms with van der Waals surface area (Å²) in [6, 6.07) is 0. The van der Waals surface area contributed by atoms with Crippen LogP contribution in [0.3, 0.4) is 0 Å². The normalized spacial score (nSPS) is 11.7. The van der Waals surface area contributed by atoms with Gasteiger partial charge in [-0.2, -0.15) is 0 Å². The lowest BCUT2D eigenvalue weighted by atomic mass is 10.5. The Bertz CT molecular complexity index is 58.4. The van der Waals surface area contributed by atoms with Crippen LogP contribution >= 0.6 is 0 Å². The van der Waals surface area contributed by atoms with Gasteiger partial charge in [-0.3, -0.25) is 0 Å². The molecule has 0 heterocycles. The Hall–Kier alpha value is -0.160. The minimum atomic E-state index is -0.449. The summed E-state index contributed by atoms with van der Waals surface area (Å²) in [7, 11) is 0. The van der Waals surface area contributed by atoms with Gasteiger partial charge in [0, 0.05) is 0 Å². The van der Waals surface area contributed by atoms with Crippen molar-refractivity contribution in [3.63, 3.8) is 0 Å². The van der Waals surface area contributed by atoms with Crippen molar-refractivity contribution in [2.45, 2.75) is 26.9 Å². The SMILES string of the molecule is CC(O)CON.CCNCC. The Balaban J connectivity index is 0. The van der Waals surface area contributed by atoms with Crippen LogP contribution in [0.5, 0.6) is 0 Å². The molecule has 0 spiro atoms. The van der Waals surface area contributed by atoms with Crippen molar-refractivity contribution < 1.29 is 9.94 Å². The zero-order valence-corrected chi connectivity index (χ0v) is 7.63. The van der Waals surface area contributed by atoms with E-state index in [1.807, 2.05) is 0 Å². The molecule has 4 nitrogen and oxygen atoms in total. The van der Waals surface area contributed by atoms with Crippen molar-refractivity contribution in [2.75, 3.05) is 19.7 Å². The lowest BCUT2D eigenvalue weighted by Gasteiger charge is -1.96. The van der Waals surface area contributed by atoms with E-state index in [1.165, 1.54) is 0 Å². The van der Waals surface area contributed by atoms with Crippen LogP contribution in [0, 0.1) is 0 Å². The van der Waals surface area contributed by atoms with Crippen molar-refractivity contribution in [3.05, 3.63) is 0 Å². The number of nitrogens with one attached hydrogen (secondary N) is 1. The molecule has 0 saturated carbocycles. The molecule has 0 aliphatic rings. The van der Waals surface area contributed by atoms with E-state index >= 15 is 0 Å². The quantitative estimate of drug-likeness (QED) is 0.506. The monoisotopic (exact) mass is 164 g/mol. The van der Waals surface area contributed by atoms with Gasteiger partial charge in [0.2, 0.25) is 0 Å². The highest BCUT2D eigenvalue weighted by molar-refractivity contribution is 4.36. The first kappa shape index (κ1) is 13.4. The van der Waals surface area contributed by atoms with Crippen LogP contribution in [0.2, 0.25) is 0 Å². The smallest absolute Gasteiger partial charge is 0.0935 e. The summed E-state index contributed by atoms with van der Waals surface area (Å²) in [4.78, 5) is 4.05. The molecule has 0 fully saturated rings. The molecule has 0 aromatic carbocycles. The van der Waals surface area contributed by atoms with Crippen molar-refractivity contribution in [1.82, 2.24) is 5.32 Å². The van der Waals surface area contributed by atoms with Gasteiger partial charge in [0.05, 0.1) is 12.7 Å². The largest absolute Gasteiger partial charge is 0.391 e. The Kier molecular flexibility index (Phi) is 15.3. The Morgan fingerprint density at radius 2 is 1.91 bits per heavy atom.